The molecule has 0 aromatic heterocycles. The molecule has 0 spiro atoms. The standard InChI is InChI=1S/C16H16N2O2S/c1-10-5-6-14(19)13(7-10)16(20)18-9-11-3-2-4-12(8-11)15(17)21/h2-8,19H,9H2,1H3,(H2,17,21)(H,18,20). The molecule has 0 bridgehead atoms. The van der Waals surface area contributed by atoms with Crippen molar-refractivity contribution in [3.05, 3.63) is 64.7 Å². The fourth-order valence-corrected chi connectivity index (χ4v) is 2.07. The predicted molar refractivity (Wildman–Crippen MR) is 86.3 cm³/mol. The monoisotopic (exact) mass is 300 g/mol. The summed E-state index contributed by atoms with van der Waals surface area (Å²) in [6.45, 7) is 2.20. The number of nitrogens with two attached hydrogens (primary N) is 1. The fourth-order valence-electron chi connectivity index (χ4n) is 1.94. The number of aryl methyl sites for hydroxylation is 1. The summed E-state index contributed by atoms with van der Waals surface area (Å²) in [5, 5.41) is 12.5. The van der Waals surface area contributed by atoms with Crippen LogP contribution in [0.1, 0.15) is 27.0 Å². The maximum Gasteiger partial charge on any atom is 0.255 e. The van der Waals surface area contributed by atoms with Gasteiger partial charge in [-0.2, -0.15) is 0 Å². The van der Waals surface area contributed by atoms with Crippen molar-refractivity contribution in [3.8, 4) is 5.75 Å². The Kier molecular flexibility index (Phi) is 4.55. The minimum atomic E-state index is -0.322. The van der Waals surface area contributed by atoms with Gasteiger partial charge in [0.15, 0.2) is 0 Å². The number of rotatable bonds is 4. The Morgan fingerprint density at radius 1 is 1.29 bits per heavy atom. The minimum Gasteiger partial charge on any atom is -0.507 e. The van der Waals surface area contributed by atoms with Crippen molar-refractivity contribution in [1.29, 1.82) is 0 Å². The van der Waals surface area contributed by atoms with Crippen molar-refractivity contribution in [1.82, 2.24) is 5.32 Å². The first-order chi connectivity index (χ1) is 9.97. The molecule has 0 saturated heterocycles. The molecule has 4 nitrogen and oxygen atoms in total. The van der Waals surface area contributed by atoms with Crippen LogP contribution in [0.4, 0.5) is 0 Å². The first-order valence-electron chi connectivity index (χ1n) is 6.44. The van der Waals surface area contributed by atoms with Gasteiger partial charge < -0.3 is 16.2 Å². The van der Waals surface area contributed by atoms with Crippen molar-refractivity contribution in [2.75, 3.05) is 0 Å². The highest BCUT2D eigenvalue weighted by atomic mass is 32.1. The lowest BCUT2D eigenvalue weighted by molar-refractivity contribution is 0.0948. The molecule has 0 saturated carbocycles. The zero-order chi connectivity index (χ0) is 15.4. The van der Waals surface area contributed by atoms with E-state index in [0.717, 1.165) is 16.7 Å². The maximum absolute atomic E-state index is 12.1. The molecule has 0 fully saturated rings. The van der Waals surface area contributed by atoms with E-state index in [9.17, 15) is 9.90 Å². The summed E-state index contributed by atoms with van der Waals surface area (Å²) in [4.78, 5) is 12.4. The number of amides is 1. The Hall–Kier alpha value is -2.40. The Morgan fingerprint density at radius 3 is 2.76 bits per heavy atom. The zero-order valence-corrected chi connectivity index (χ0v) is 12.4. The highest BCUT2D eigenvalue weighted by molar-refractivity contribution is 7.80. The molecule has 21 heavy (non-hydrogen) atoms. The quantitative estimate of drug-likeness (QED) is 0.757. The van der Waals surface area contributed by atoms with Gasteiger partial charge in [-0.1, -0.05) is 42.0 Å². The molecular formula is C16H16N2O2S. The SMILES string of the molecule is Cc1ccc(O)c(C(=O)NCc2cccc(C(N)=S)c2)c1. The summed E-state index contributed by atoms with van der Waals surface area (Å²) in [5.74, 6) is -0.355. The molecule has 2 aromatic carbocycles. The first-order valence-corrected chi connectivity index (χ1v) is 6.85. The van der Waals surface area contributed by atoms with Gasteiger partial charge in [0.1, 0.15) is 10.7 Å². The van der Waals surface area contributed by atoms with Gasteiger partial charge in [0.2, 0.25) is 0 Å². The summed E-state index contributed by atoms with van der Waals surface area (Å²) in [5.41, 5.74) is 8.40. The lowest BCUT2D eigenvalue weighted by Gasteiger charge is -2.08. The normalized spacial score (nSPS) is 10.1. The smallest absolute Gasteiger partial charge is 0.255 e. The molecule has 4 N–H and O–H groups in total. The zero-order valence-electron chi connectivity index (χ0n) is 11.6. The van der Waals surface area contributed by atoms with E-state index in [2.05, 4.69) is 5.32 Å². The van der Waals surface area contributed by atoms with Crippen LogP contribution >= 0.6 is 12.2 Å². The third-order valence-corrected chi connectivity index (χ3v) is 3.30. The number of aromatic hydroxyl groups is 1. The van der Waals surface area contributed by atoms with E-state index < -0.39 is 0 Å². The lowest BCUT2D eigenvalue weighted by Crippen LogP contribution is -2.23. The number of phenols is 1. The van der Waals surface area contributed by atoms with Gasteiger partial charge >= 0.3 is 0 Å². The fraction of sp³-hybridized carbons (Fsp3) is 0.125. The van der Waals surface area contributed by atoms with Gasteiger partial charge in [-0.3, -0.25) is 4.79 Å². The van der Waals surface area contributed by atoms with E-state index in [1.807, 2.05) is 31.2 Å². The largest absolute Gasteiger partial charge is 0.507 e. The van der Waals surface area contributed by atoms with Crippen LogP contribution in [0.15, 0.2) is 42.5 Å². The summed E-state index contributed by atoms with van der Waals surface area (Å²) < 4.78 is 0. The van der Waals surface area contributed by atoms with Crippen LogP contribution in [0.3, 0.4) is 0 Å². The van der Waals surface area contributed by atoms with Crippen molar-refractivity contribution < 1.29 is 9.90 Å². The van der Waals surface area contributed by atoms with Crippen LogP contribution in [0.5, 0.6) is 5.75 Å². The number of hydrogen-bond donors (Lipinski definition) is 3. The van der Waals surface area contributed by atoms with E-state index in [-0.39, 0.29) is 17.2 Å². The molecule has 0 heterocycles. The Labute approximate surface area is 128 Å². The van der Waals surface area contributed by atoms with E-state index in [1.165, 1.54) is 6.07 Å². The molecule has 2 aromatic rings. The Balaban J connectivity index is 2.09. The summed E-state index contributed by atoms with van der Waals surface area (Å²) in [6, 6.07) is 12.3. The van der Waals surface area contributed by atoms with E-state index in [1.54, 1.807) is 12.1 Å². The van der Waals surface area contributed by atoms with Gasteiger partial charge in [0.05, 0.1) is 5.56 Å². The number of carbonyl (C=O) groups excluding carboxylic acids is 1. The average molecular weight is 300 g/mol. The number of carbonyl (C=O) groups is 1. The van der Waals surface area contributed by atoms with Crippen LogP contribution in [0, 0.1) is 6.92 Å². The van der Waals surface area contributed by atoms with Crippen LogP contribution in [0.2, 0.25) is 0 Å². The van der Waals surface area contributed by atoms with E-state index >= 15 is 0 Å². The number of benzene rings is 2. The van der Waals surface area contributed by atoms with Crippen molar-refractivity contribution >= 4 is 23.1 Å². The topological polar surface area (TPSA) is 75.3 Å². The van der Waals surface area contributed by atoms with Gasteiger partial charge in [0.25, 0.3) is 5.91 Å². The molecule has 108 valence electrons. The third-order valence-electron chi connectivity index (χ3n) is 3.06. The van der Waals surface area contributed by atoms with Gasteiger partial charge in [-0.15, -0.1) is 0 Å². The van der Waals surface area contributed by atoms with Crippen LogP contribution < -0.4 is 11.1 Å². The number of thiocarbonyl (C=S) groups is 1. The molecule has 1 amide bonds. The predicted octanol–water partition coefficient (Wildman–Crippen LogP) is 2.26. The van der Waals surface area contributed by atoms with E-state index in [4.69, 9.17) is 18.0 Å². The molecule has 0 atom stereocenters. The average Bonchev–Trinajstić information content (AvgIpc) is 2.47. The van der Waals surface area contributed by atoms with E-state index in [0.29, 0.717) is 11.5 Å². The van der Waals surface area contributed by atoms with Gasteiger partial charge in [-0.05, 0) is 30.7 Å². The summed E-state index contributed by atoms with van der Waals surface area (Å²) in [6.07, 6.45) is 0. The van der Waals surface area contributed by atoms with Crippen LogP contribution in [-0.2, 0) is 6.54 Å². The highest BCUT2D eigenvalue weighted by Crippen LogP contribution is 2.18. The van der Waals surface area contributed by atoms with Crippen LogP contribution in [0.25, 0.3) is 0 Å². The molecule has 0 aliphatic rings. The molecule has 5 heteroatoms. The molecule has 0 radical (unpaired) electrons. The minimum absolute atomic E-state index is 0.0324. The second-order valence-corrected chi connectivity index (χ2v) is 5.21. The maximum atomic E-state index is 12.1. The molecular weight excluding hydrogens is 284 g/mol. The van der Waals surface area contributed by atoms with Crippen molar-refractivity contribution in [2.24, 2.45) is 5.73 Å². The highest BCUT2D eigenvalue weighted by Gasteiger charge is 2.11. The Morgan fingerprint density at radius 2 is 2.05 bits per heavy atom. The Bertz CT molecular complexity index is 698. The first kappa shape index (κ1) is 15.0. The lowest BCUT2D eigenvalue weighted by atomic mass is 10.1. The number of hydrogen-bond acceptors (Lipinski definition) is 3. The van der Waals surface area contributed by atoms with Crippen molar-refractivity contribution in [2.45, 2.75) is 13.5 Å². The summed E-state index contributed by atoms with van der Waals surface area (Å²) in [7, 11) is 0. The molecule has 2 rings (SSSR count). The molecule has 0 unspecified atom stereocenters. The second kappa shape index (κ2) is 6.37. The summed E-state index contributed by atoms with van der Waals surface area (Å²) >= 11 is 4.92. The number of nitrogens with one attached hydrogen (secondary N) is 1. The van der Waals surface area contributed by atoms with Crippen LogP contribution in [-0.4, -0.2) is 16.0 Å². The molecule has 0 aliphatic carbocycles. The third kappa shape index (κ3) is 3.79. The van der Waals surface area contributed by atoms with Gasteiger partial charge in [0, 0.05) is 12.1 Å². The van der Waals surface area contributed by atoms with Gasteiger partial charge in [-0.25, -0.2) is 0 Å². The second-order valence-electron chi connectivity index (χ2n) is 4.77. The molecule has 0 aliphatic heterocycles. The van der Waals surface area contributed by atoms with Crippen molar-refractivity contribution in [3.63, 3.8) is 0 Å². The number of phenolic OH excluding ortho intramolecular Hbond substituents is 1.